The number of fused-ring (bicyclic) bond motifs is 9. The van der Waals surface area contributed by atoms with Crippen molar-refractivity contribution in [3.8, 4) is 22.3 Å². The number of benzene rings is 6. The van der Waals surface area contributed by atoms with E-state index in [4.69, 9.17) is 4.98 Å². The first-order chi connectivity index (χ1) is 18.3. The average molecular weight is 489 g/mol. The highest BCUT2D eigenvalue weighted by molar-refractivity contribution is 7.25. The van der Waals surface area contributed by atoms with Crippen LogP contribution in [0.5, 0.6) is 0 Å². The molecule has 0 aliphatic carbocycles. The van der Waals surface area contributed by atoms with E-state index in [1.54, 1.807) is 12.4 Å². The maximum absolute atomic E-state index is 4.71. The minimum absolute atomic E-state index is 0.950. The van der Waals surface area contributed by atoms with Crippen LogP contribution < -0.4 is 0 Å². The summed E-state index contributed by atoms with van der Waals surface area (Å²) in [7, 11) is 0. The van der Waals surface area contributed by atoms with Crippen molar-refractivity contribution in [3.05, 3.63) is 122 Å². The molecule has 0 amide bonds. The molecule has 0 saturated heterocycles. The molecular weight excluding hydrogens is 468 g/mol. The second-order valence-corrected chi connectivity index (χ2v) is 10.5. The zero-order valence-electron chi connectivity index (χ0n) is 19.8. The molecule has 0 fully saturated rings. The van der Waals surface area contributed by atoms with E-state index in [1.165, 1.54) is 53.2 Å². The van der Waals surface area contributed by atoms with E-state index < -0.39 is 0 Å². The monoisotopic (exact) mass is 488 g/mol. The maximum Gasteiger partial charge on any atom is 0.0971 e. The Kier molecular flexibility index (Phi) is 4.42. The molecule has 0 saturated carbocycles. The third-order valence-corrected chi connectivity index (χ3v) is 8.52. The number of nitrogens with zero attached hydrogens (tertiary/aromatic N) is 2. The number of aromatic nitrogens is 2. The van der Waals surface area contributed by atoms with Crippen molar-refractivity contribution in [2.24, 2.45) is 0 Å². The molecule has 8 aromatic rings. The molecule has 0 radical (unpaired) electrons. The summed E-state index contributed by atoms with van der Waals surface area (Å²) in [6.07, 6.45) is 3.56. The molecule has 0 aliphatic heterocycles. The predicted molar refractivity (Wildman–Crippen MR) is 158 cm³/mol. The van der Waals surface area contributed by atoms with Crippen molar-refractivity contribution >= 4 is 64.1 Å². The topological polar surface area (TPSA) is 25.8 Å². The van der Waals surface area contributed by atoms with Crippen LogP contribution in [0.3, 0.4) is 0 Å². The highest BCUT2D eigenvalue weighted by Crippen LogP contribution is 2.40. The van der Waals surface area contributed by atoms with Crippen LogP contribution in [-0.4, -0.2) is 9.97 Å². The summed E-state index contributed by atoms with van der Waals surface area (Å²) in [4.78, 5) is 9.39. The Morgan fingerprint density at radius 3 is 1.70 bits per heavy atom. The van der Waals surface area contributed by atoms with Gasteiger partial charge in [-0.05, 0) is 57.3 Å². The zero-order chi connectivity index (χ0) is 24.3. The molecule has 172 valence electrons. The lowest BCUT2D eigenvalue weighted by Crippen LogP contribution is -1.90. The fourth-order valence-electron chi connectivity index (χ4n) is 5.68. The number of hydrogen-bond donors (Lipinski definition) is 0. The van der Waals surface area contributed by atoms with Crippen molar-refractivity contribution in [2.45, 2.75) is 0 Å². The summed E-state index contributed by atoms with van der Waals surface area (Å²) < 4.78 is 2.66. The van der Waals surface area contributed by atoms with Crippen LogP contribution in [0.1, 0.15) is 0 Å². The number of hydrogen-bond acceptors (Lipinski definition) is 3. The van der Waals surface area contributed by atoms with Crippen molar-refractivity contribution in [1.82, 2.24) is 9.97 Å². The van der Waals surface area contributed by atoms with Gasteiger partial charge >= 0.3 is 0 Å². The minimum atomic E-state index is 0.950. The standard InChI is InChI=1S/C34H20N2S/c1-2-8-24(22-14-16-32-30(20-22)26-10-5-6-12-31(26)37-32)23(7-1)21-13-15-28-29(19-21)25-9-3-4-11-27(25)33-34(28)36-18-17-35-33/h1-20H. The third kappa shape index (κ3) is 3.11. The van der Waals surface area contributed by atoms with Crippen LogP contribution in [-0.2, 0) is 0 Å². The van der Waals surface area contributed by atoms with E-state index in [-0.39, 0.29) is 0 Å². The molecule has 0 spiro atoms. The van der Waals surface area contributed by atoms with Crippen LogP contribution in [0.2, 0.25) is 0 Å². The van der Waals surface area contributed by atoms with E-state index in [0.29, 0.717) is 0 Å². The van der Waals surface area contributed by atoms with Gasteiger partial charge in [-0.3, -0.25) is 9.97 Å². The second kappa shape index (κ2) is 7.95. The molecule has 0 bridgehead atoms. The van der Waals surface area contributed by atoms with Crippen molar-refractivity contribution < 1.29 is 0 Å². The summed E-state index contributed by atoms with van der Waals surface area (Å²) >= 11 is 1.86. The van der Waals surface area contributed by atoms with Crippen molar-refractivity contribution in [3.63, 3.8) is 0 Å². The van der Waals surface area contributed by atoms with Crippen LogP contribution in [0.4, 0.5) is 0 Å². The molecular formula is C34H20N2S. The minimum Gasteiger partial charge on any atom is -0.252 e. The van der Waals surface area contributed by atoms with Gasteiger partial charge in [-0.1, -0.05) is 84.9 Å². The third-order valence-electron chi connectivity index (χ3n) is 7.37. The summed E-state index contributed by atoms with van der Waals surface area (Å²) in [5.41, 5.74) is 6.81. The molecule has 3 heteroatoms. The quantitative estimate of drug-likeness (QED) is 0.226. The van der Waals surface area contributed by atoms with Gasteiger partial charge in [0.25, 0.3) is 0 Å². The molecule has 2 aromatic heterocycles. The van der Waals surface area contributed by atoms with Crippen LogP contribution in [0.25, 0.3) is 75.0 Å². The summed E-state index contributed by atoms with van der Waals surface area (Å²) in [5.74, 6) is 0. The first-order valence-electron chi connectivity index (χ1n) is 12.4. The number of thiophene rings is 1. The lowest BCUT2D eigenvalue weighted by Gasteiger charge is -2.13. The van der Waals surface area contributed by atoms with E-state index in [2.05, 4.69) is 114 Å². The molecule has 2 heterocycles. The average Bonchev–Trinajstić information content (AvgIpc) is 3.35. The smallest absolute Gasteiger partial charge is 0.0971 e. The normalized spacial score (nSPS) is 11.8. The van der Waals surface area contributed by atoms with Crippen LogP contribution in [0, 0.1) is 0 Å². The van der Waals surface area contributed by atoms with Gasteiger partial charge in [0.2, 0.25) is 0 Å². The highest BCUT2D eigenvalue weighted by atomic mass is 32.1. The molecule has 8 rings (SSSR count). The summed E-state index contributed by atoms with van der Waals surface area (Å²) in [5, 5.41) is 7.33. The van der Waals surface area contributed by atoms with Gasteiger partial charge in [-0.25, -0.2) is 0 Å². The van der Waals surface area contributed by atoms with Crippen molar-refractivity contribution in [1.29, 1.82) is 0 Å². The second-order valence-electron chi connectivity index (χ2n) is 9.41. The summed E-state index contributed by atoms with van der Waals surface area (Å²) in [6.45, 7) is 0. The van der Waals surface area contributed by atoms with Gasteiger partial charge < -0.3 is 0 Å². The fraction of sp³-hybridized carbons (Fsp3) is 0. The molecule has 6 aromatic carbocycles. The Balaban J connectivity index is 1.38. The van der Waals surface area contributed by atoms with E-state index in [0.717, 1.165) is 21.8 Å². The molecule has 0 unspecified atom stereocenters. The van der Waals surface area contributed by atoms with Gasteiger partial charge in [0.15, 0.2) is 0 Å². The predicted octanol–water partition coefficient (Wildman–Crippen LogP) is 9.64. The van der Waals surface area contributed by atoms with Gasteiger partial charge in [0, 0.05) is 43.3 Å². The Bertz CT molecular complexity index is 2120. The maximum atomic E-state index is 4.71. The molecule has 0 N–H and O–H groups in total. The lowest BCUT2D eigenvalue weighted by molar-refractivity contribution is 1.31. The molecule has 0 atom stereocenters. The van der Waals surface area contributed by atoms with E-state index in [9.17, 15) is 0 Å². The van der Waals surface area contributed by atoms with E-state index >= 15 is 0 Å². The fourth-order valence-corrected chi connectivity index (χ4v) is 6.76. The largest absolute Gasteiger partial charge is 0.252 e. The SMILES string of the molecule is c1ccc(-c2ccc3c(c2)c2ccccc2c2nccnc32)c(-c2ccc3sc4ccccc4c3c2)c1. The lowest BCUT2D eigenvalue weighted by atomic mass is 9.91. The highest BCUT2D eigenvalue weighted by Gasteiger charge is 2.14. The van der Waals surface area contributed by atoms with Crippen molar-refractivity contribution in [2.75, 3.05) is 0 Å². The van der Waals surface area contributed by atoms with Gasteiger partial charge in [0.1, 0.15) is 0 Å². The van der Waals surface area contributed by atoms with Crippen LogP contribution in [0.15, 0.2) is 122 Å². The van der Waals surface area contributed by atoms with Gasteiger partial charge in [-0.2, -0.15) is 0 Å². The first-order valence-corrected chi connectivity index (χ1v) is 13.2. The Morgan fingerprint density at radius 1 is 0.405 bits per heavy atom. The molecule has 0 aliphatic rings. The van der Waals surface area contributed by atoms with Gasteiger partial charge in [-0.15, -0.1) is 11.3 Å². The number of rotatable bonds is 2. The van der Waals surface area contributed by atoms with E-state index in [1.807, 2.05) is 11.3 Å². The Hall–Kier alpha value is -4.60. The Labute approximate surface area is 217 Å². The Morgan fingerprint density at radius 2 is 0.946 bits per heavy atom. The summed E-state index contributed by atoms with van der Waals surface area (Å²) in [6, 6.07) is 39.6. The van der Waals surface area contributed by atoms with Crippen LogP contribution >= 0.6 is 11.3 Å². The van der Waals surface area contributed by atoms with Gasteiger partial charge in [0.05, 0.1) is 11.0 Å². The molecule has 37 heavy (non-hydrogen) atoms. The zero-order valence-corrected chi connectivity index (χ0v) is 20.7. The first kappa shape index (κ1) is 20.6. The molecule has 2 nitrogen and oxygen atoms in total.